The average molecular weight is 232 g/mol. The Hall–Kier alpha value is -1.13. The van der Waals surface area contributed by atoms with Crippen molar-refractivity contribution in [3.05, 3.63) is 29.0 Å². The van der Waals surface area contributed by atoms with Crippen LogP contribution in [-0.4, -0.2) is 16.6 Å². The van der Waals surface area contributed by atoms with E-state index in [1.165, 1.54) is 26.0 Å². The van der Waals surface area contributed by atoms with Crippen LogP contribution in [0.2, 0.25) is 5.02 Å². The topological polar surface area (TPSA) is 49.3 Å². The van der Waals surface area contributed by atoms with Crippen LogP contribution in [-0.2, 0) is 4.79 Å². The largest absolute Gasteiger partial charge is 0.381 e. The second-order valence-electron chi connectivity index (χ2n) is 3.64. The van der Waals surface area contributed by atoms with Gasteiger partial charge >= 0.3 is 0 Å². The molecule has 0 heterocycles. The van der Waals surface area contributed by atoms with E-state index in [1.54, 1.807) is 0 Å². The zero-order valence-electron chi connectivity index (χ0n) is 8.34. The molecule has 15 heavy (non-hydrogen) atoms. The maximum atomic E-state index is 12.8. The van der Waals surface area contributed by atoms with Crippen molar-refractivity contribution in [3.63, 3.8) is 0 Å². The van der Waals surface area contributed by atoms with Gasteiger partial charge in [0.05, 0.1) is 10.7 Å². The van der Waals surface area contributed by atoms with Crippen molar-refractivity contribution >= 4 is 23.2 Å². The number of hydrogen-bond donors (Lipinski definition) is 2. The van der Waals surface area contributed by atoms with Crippen LogP contribution in [0.4, 0.5) is 10.1 Å². The fraction of sp³-hybridized carbons (Fsp3) is 0.300. The zero-order chi connectivity index (χ0) is 11.6. The van der Waals surface area contributed by atoms with Crippen LogP contribution in [0, 0.1) is 5.82 Å². The number of nitrogens with one attached hydrogen (secondary N) is 1. The molecule has 0 aliphatic heterocycles. The number of hydrogen-bond acceptors (Lipinski definition) is 2. The van der Waals surface area contributed by atoms with Crippen molar-refractivity contribution < 1.29 is 14.3 Å². The summed E-state index contributed by atoms with van der Waals surface area (Å²) in [7, 11) is 0. The summed E-state index contributed by atoms with van der Waals surface area (Å²) in [5, 5.41) is 11.9. The molecular formula is C10H11ClFNO2. The monoisotopic (exact) mass is 231 g/mol. The summed E-state index contributed by atoms with van der Waals surface area (Å²) in [5.41, 5.74) is -1.39. The molecule has 82 valence electrons. The third-order valence-corrected chi connectivity index (χ3v) is 2.06. The minimum Gasteiger partial charge on any atom is -0.381 e. The van der Waals surface area contributed by atoms with Crippen LogP contribution in [0.3, 0.4) is 0 Å². The second-order valence-corrected chi connectivity index (χ2v) is 4.04. The number of carbonyl (C=O) groups excluding carboxylic acids is 1. The lowest BCUT2D eigenvalue weighted by Gasteiger charge is -2.17. The lowest BCUT2D eigenvalue weighted by Crippen LogP contribution is -2.36. The highest BCUT2D eigenvalue weighted by atomic mass is 35.5. The molecule has 1 aromatic carbocycles. The molecule has 0 radical (unpaired) electrons. The first kappa shape index (κ1) is 11.9. The Bertz CT molecular complexity index is 387. The lowest BCUT2D eigenvalue weighted by atomic mass is 10.1. The van der Waals surface area contributed by atoms with Crippen LogP contribution >= 0.6 is 11.6 Å². The first-order valence-corrected chi connectivity index (χ1v) is 4.67. The van der Waals surface area contributed by atoms with Gasteiger partial charge in [0.1, 0.15) is 11.4 Å². The van der Waals surface area contributed by atoms with Crippen molar-refractivity contribution in [2.24, 2.45) is 0 Å². The Balaban J connectivity index is 2.90. The number of benzene rings is 1. The molecule has 0 bridgehead atoms. The first-order chi connectivity index (χ1) is 6.80. The predicted molar refractivity (Wildman–Crippen MR) is 56.3 cm³/mol. The molecular weight excluding hydrogens is 221 g/mol. The molecule has 5 heteroatoms. The highest BCUT2D eigenvalue weighted by Gasteiger charge is 2.24. The quantitative estimate of drug-likeness (QED) is 0.820. The molecule has 0 atom stereocenters. The van der Waals surface area contributed by atoms with Crippen molar-refractivity contribution in [1.82, 2.24) is 0 Å². The lowest BCUT2D eigenvalue weighted by molar-refractivity contribution is -0.130. The van der Waals surface area contributed by atoms with Gasteiger partial charge in [0.15, 0.2) is 0 Å². The van der Waals surface area contributed by atoms with E-state index in [4.69, 9.17) is 11.6 Å². The van der Waals surface area contributed by atoms with Crippen molar-refractivity contribution in [2.75, 3.05) is 5.32 Å². The average Bonchev–Trinajstić information content (AvgIpc) is 2.09. The van der Waals surface area contributed by atoms with Gasteiger partial charge in [-0.15, -0.1) is 0 Å². The van der Waals surface area contributed by atoms with Gasteiger partial charge in [0, 0.05) is 0 Å². The number of rotatable bonds is 2. The second kappa shape index (κ2) is 4.16. The molecule has 0 aromatic heterocycles. The Labute approximate surface area is 91.9 Å². The maximum absolute atomic E-state index is 12.8. The minimum absolute atomic E-state index is 0.142. The number of halogens is 2. The minimum atomic E-state index is -1.53. The van der Waals surface area contributed by atoms with Crippen LogP contribution < -0.4 is 5.32 Å². The van der Waals surface area contributed by atoms with Crippen molar-refractivity contribution in [3.8, 4) is 0 Å². The molecule has 0 aliphatic carbocycles. The van der Waals surface area contributed by atoms with E-state index in [0.29, 0.717) is 0 Å². The van der Waals surface area contributed by atoms with Gasteiger partial charge in [-0.25, -0.2) is 4.39 Å². The van der Waals surface area contributed by atoms with Crippen LogP contribution in [0.25, 0.3) is 0 Å². The fourth-order valence-electron chi connectivity index (χ4n) is 0.869. The standard InChI is InChI=1S/C10H11ClFNO2/c1-10(2,15)9(14)13-8-5-6(12)3-4-7(8)11/h3-5,15H,1-2H3,(H,13,14). The zero-order valence-corrected chi connectivity index (χ0v) is 9.10. The summed E-state index contributed by atoms with van der Waals surface area (Å²) in [6.07, 6.45) is 0. The summed E-state index contributed by atoms with van der Waals surface area (Å²) >= 11 is 5.73. The van der Waals surface area contributed by atoms with Gasteiger partial charge in [0.25, 0.3) is 5.91 Å². The molecule has 0 spiro atoms. The van der Waals surface area contributed by atoms with Gasteiger partial charge < -0.3 is 10.4 Å². The van der Waals surface area contributed by atoms with Gasteiger partial charge in [-0.2, -0.15) is 0 Å². The molecule has 1 rings (SSSR count). The number of carbonyl (C=O) groups is 1. The third kappa shape index (κ3) is 3.18. The number of amides is 1. The molecule has 0 aliphatic rings. The number of anilines is 1. The smallest absolute Gasteiger partial charge is 0.255 e. The van der Waals surface area contributed by atoms with E-state index >= 15 is 0 Å². The SMILES string of the molecule is CC(C)(O)C(=O)Nc1cc(F)ccc1Cl. The molecule has 0 saturated heterocycles. The Morgan fingerprint density at radius 3 is 2.67 bits per heavy atom. The van der Waals surface area contributed by atoms with E-state index in [9.17, 15) is 14.3 Å². The Kier molecular flexibility index (Phi) is 3.31. The van der Waals surface area contributed by atoms with Gasteiger partial charge in [-0.05, 0) is 32.0 Å². The summed E-state index contributed by atoms with van der Waals surface area (Å²) in [4.78, 5) is 11.4. The van der Waals surface area contributed by atoms with E-state index in [-0.39, 0.29) is 10.7 Å². The van der Waals surface area contributed by atoms with Crippen molar-refractivity contribution in [1.29, 1.82) is 0 Å². The molecule has 0 unspecified atom stereocenters. The summed E-state index contributed by atoms with van der Waals surface area (Å²) in [5.74, 6) is -1.15. The fourth-order valence-corrected chi connectivity index (χ4v) is 1.03. The Morgan fingerprint density at radius 1 is 1.53 bits per heavy atom. The molecule has 1 amide bonds. The van der Waals surface area contributed by atoms with Gasteiger partial charge in [-0.3, -0.25) is 4.79 Å². The summed E-state index contributed by atoms with van der Waals surface area (Å²) < 4.78 is 12.8. The van der Waals surface area contributed by atoms with E-state index in [0.717, 1.165) is 6.07 Å². The molecule has 0 fully saturated rings. The van der Waals surface area contributed by atoms with Gasteiger partial charge in [0.2, 0.25) is 0 Å². The third-order valence-electron chi connectivity index (χ3n) is 1.73. The first-order valence-electron chi connectivity index (χ1n) is 4.29. The van der Waals surface area contributed by atoms with Crippen molar-refractivity contribution in [2.45, 2.75) is 19.4 Å². The van der Waals surface area contributed by atoms with E-state index < -0.39 is 17.3 Å². The Morgan fingerprint density at radius 2 is 2.13 bits per heavy atom. The number of aliphatic hydroxyl groups is 1. The van der Waals surface area contributed by atoms with E-state index in [1.807, 2.05) is 0 Å². The van der Waals surface area contributed by atoms with Gasteiger partial charge in [-0.1, -0.05) is 11.6 Å². The maximum Gasteiger partial charge on any atom is 0.255 e. The highest BCUT2D eigenvalue weighted by molar-refractivity contribution is 6.33. The van der Waals surface area contributed by atoms with Crippen LogP contribution in [0.1, 0.15) is 13.8 Å². The van der Waals surface area contributed by atoms with E-state index in [2.05, 4.69) is 5.32 Å². The molecule has 0 saturated carbocycles. The summed E-state index contributed by atoms with van der Waals surface area (Å²) in [6.45, 7) is 2.66. The summed E-state index contributed by atoms with van der Waals surface area (Å²) in [6, 6.07) is 3.60. The molecule has 1 aromatic rings. The molecule has 3 nitrogen and oxygen atoms in total. The predicted octanol–water partition coefficient (Wildman–Crippen LogP) is 2.19. The molecule has 2 N–H and O–H groups in total. The van der Waals surface area contributed by atoms with Crippen LogP contribution in [0.5, 0.6) is 0 Å². The van der Waals surface area contributed by atoms with Crippen LogP contribution in [0.15, 0.2) is 18.2 Å². The normalized spacial score (nSPS) is 11.3. The highest BCUT2D eigenvalue weighted by Crippen LogP contribution is 2.23.